The molecule has 0 fully saturated rings. The molecule has 1 amide bonds. The van der Waals surface area contributed by atoms with Gasteiger partial charge in [-0.2, -0.15) is 0 Å². The summed E-state index contributed by atoms with van der Waals surface area (Å²) in [6, 6.07) is 5.44. The Morgan fingerprint density at radius 2 is 2.30 bits per heavy atom. The molecule has 0 spiro atoms. The largest absolute Gasteiger partial charge is 0.370 e. The van der Waals surface area contributed by atoms with Crippen molar-refractivity contribution < 1.29 is 4.79 Å². The molecule has 0 saturated carbocycles. The third-order valence-electron chi connectivity index (χ3n) is 2.75. The summed E-state index contributed by atoms with van der Waals surface area (Å²) in [6.07, 6.45) is 1.02. The molecule has 106 valence electrons. The van der Waals surface area contributed by atoms with Crippen LogP contribution in [0.15, 0.2) is 29.1 Å². The van der Waals surface area contributed by atoms with Gasteiger partial charge in [0.1, 0.15) is 11.5 Å². The number of hydrogen-bond donors (Lipinski definition) is 1. The summed E-state index contributed by atoms with van der Waals surface area (Å²) in [4.78, 5) is 22.5. The second-order valence-corrected chi connectivity index (χ2v) is 5.19. The lowest BCUT2D eigenvalue weighted by atomic mass is 10.3. The number of hydrogen-bond acceptors (Lipinski definition) is 5. The Balaban J connectivity index is 2.04. The minimum atomic E-state index is -0.0989. The standard InChI is InChI=1S/C14H18N4OS/c1-3-7-15-13-6-4-5-12(17-13)14(19)18(2)8-11-9-20-10-16-11/h4-6,9-10H,3,7-8H2,1-2H3,(H,15,17). The van der Waals surface area contributed by atoms with Crippen LogP contribution in [0, 0.1) is 0 Å². The van der Waals surface area contributed by atoms with Gasteiger partial charge in [-0.05, 0) is 18.6 Å². The molecule has 2 aromatic heterocycles. The number of rotatable bonds is 6. The van der Waals surface area contributed by atoms with Gasteiger partial charge in [0.2, 0.25) is 0 Å². The lowest BCUT2D eigenvalue weighted by Gasteiger charge is -2.15. The van der Waals surface area contributed by atoms with E-state index in [1.54, 1.807) is 23.5 Å². The molecular weight excluding hydrogens is 272 g/mol. The zero-order chi connectivity index (χ0) is 14.4. The molecule has 0 aromatic carbocycles. The van der Waals surface area contributed by atoms with Gasteiger partial charge in [-0.25, -0.2) is 9.97 Å². The van der Waals surface area contributed by atoms with E-state index in [0.717, 1.165) is 24.5 Å². The van der Waals surface area contributed by atoms with E-state index in [2.05, 4.69) is 22.2 Å². The Kier molecular flexibility index (Phi) is 5.06. The monoisotopic (exact) mass is 290 g/mol. The van der Waals surface area contributed by atoms with Crippen molar-refractivity contribution in [3.63, 3.8) is 0 Å². The van der Waals surface area contributed by atoms with Crippen LogP contribution in [-0.2, 0) is 6.54 Å². The summed E-state index contributed by atoms with van der Waals surface area (Å²) in [5, 5.41) is 5.12. The molecule has 20 heavy (non-hydrogen) atoms. The smallest absolute Gasteiger partial charge is 0.272 e. The van der Waals surface area contributed by atoms with Crippen LogP contribution in [0.3, 0.4) is 0 Å². The van der Waals surface area contributed by atoms with Crippen molar-refractivity contribution in [1.29, 1.82) is 0 Å². The highest BCUT2D eigenvalue weighted by Crippen LogP contribution is 2.10. The lowest BCUT2D eigenvalue weighted by molar-refractivity contribution is 0.0778. The second-order valence-electron chi connectivity index (χ2n) is 4.48. The van der Waals surface area contributed by atoms with Gasteiger partial charge in [0.05, 0.1) is 17.7 Å². The molecule has 6 heteroatoms. The first kappa shape index (κ1) is 14.5. The fourth-order valence-corrected chi connectivity index (χ4v) is 2.28. The van der Waals surface area contributed by atoms with Crippen LogP contribution in [0.2, 0.25) is 0 Å². The summed E-state index contributed by atoms with van der Waals surface area (Å²) in [7, 11) is 1.76. The van der Waals surface area contributed by atoms with E-state index in [0.29, 0.717) is 12.2 Å². The predicted molar refractivity (Wildman–Crippen MR) is 80.9 cm³/mol. The highest BCUT2D eigenvalue weighted by molar-refractivity contribution is 7.07. The van der Waals surface area contributed by atoms with Gasteiger partial charge in [0, 0.05) is 19.0 Å². The van der Waals surface area contributed by atoms with Crippen molar-refractivity contribution in [3.8, 4) is 0 Å². The Bertz CT molecular complexity index is 556. The third-order valence-corrected chi connectivity index (χ3v) is 3.39. The maximum atomic E-state index is 12.3. The van der Waals surface area contributed by atoms with Crippen LogP contribution in [-0.4, -0.2) is 34.4 Å². The maximum Gasteiger partial charge on any atom is 0.272 e. The van der Waals surface area contributed by atoms with Crippen molar-refractivity contribution >= 4 is 23.1 Å². The first-order valence-corrected chi connectivity index (χ1v) is 7.48. The van der Waals surface area contributed by atoms with Crippen LogP contribution in [0.5, 0.6) is 0 Å². The predicted octanol–water partition coefficient (Wildman–Crippen LogP) is 2.63. The van der Waals surface area contributed by atoms with E-state index in [1.165, 1.54) is 11.3 Å². The average molecular weight is 290 g/mol. The molecule has 0 aliphatic rings. The Morgan fingerprint density at radius 1 is 1.45 bits per heavy atom. The van der Waals surface area contributed by atoms with Crippen LogP contribution in [0.25, 0.3) is 0 Å². The number of aromatic nitrogens is 2. The van der Waals surface area contributed by atoms with Crippen molar-refractivity contribution in [3.05, 3.63) is 40.5 Å². The van der Waals surface area contributed by atoms with Crippen molar-refractivity contribution in [1.82, 2.24) is 14.9 Å². The highest BCUT2D eigenvalue weighted by Gasteiger charge is 2.14. The average Bonchev–Trinajstić information content (AvgIpc) is 2.97. The zero-order valence-electron chi connectivity index (χ0n) is 11.7. The fraction of sp³-hybridized carbons (Fsp3) is 0.357. The number of amides is 1. The molecule has 2 rings (SSSR count). The lowest BCUT2D eigenvalue weighted by Crippen LogP contribution is -2.27. The number of thiazole rings is 1. The van der Waals surface area contributed by atoms with Gasteiger partial charge < -0.3 is 10.2 Å². The van der Waals surface area contributed by atoms with E-state index < -0.39 is 0 Å². The van der Waals surface area contributed by atoms with Gasteiger partial charge in [0.25, 0.3) is 5.91 Å². The number of carbonyl (C=O) groups is 1. The number of nitrogens with zero attached hydrogens (tertiary/aromatic N) is 3. The third kappa shape index (κ3) is 3.77. The molecule has 0 radical (unpaired) electrons. The summed E-state index contributed by atoms with van der Waals surface area (Å²) < 4.78 is 0. The molecule has 2 aromatic rings. The molecule has 0 aliphatic carbocycles. The Morgan fingerprint density at radius 3 is 3.00 bits per heavy atom. The SMILES string of the molecule is CCCNc1cccc(C(=O)N(C)Cc2cscn2)n1. The van der Waals surface area contributed by atoms with Gasteiger partial charge in [-0.3, -0.25) is 4.79 Å². The molecule has 5 nitrogen and oxygen atoms in total. The van der Waals surface area contributed by atoms with E-state index in [4.69, 9.17) is 0 Å². The minimum absolute atomic E-state index is 0.0989. The summed E-state index contributed by atoms with van der Waals surface area (Å²) >= 11 is 1.53. The Labute approximate surface area is 122 Å². The topological polar surface area (TPSA) is 58.1 Å². The summed E-state index contributed by atoms with van der Waals surface area (Å²) in [6.45, 7) is 3.43. The normalized spacial score (nSPS) is 10.3. The van der Waals surface area contributed by atoms with Crippen LogP contribution in [0.1, 0.15) is 29.5 Å². The highest BCUT2D eigenvalue weighted by atomic mass is 32.1. The molecule has 1 N–H and O–H groups in total. The second kappa shape index (κ2) is 7.00. The molecule has 0 saturated heterocycles. The molecule has 0 unspecified atom stereocenters. The number of anilines is 1. The van der Waals surface area contributed by atoms with E-state index in [1.807, 2.05) is 17.5 Å². The Hall–Kier alpha value is -1.95. The van der Waals surface area contributed by atoms with E-state index in [9.17, 15) is 4.79 Å². The van der Waals surface area contributed by atoms with Gasteiger partial charge >= 0.3 is 0 Å². The molecule has 0 aliphatic heterocycles. The number of pyridine rings is 1. The molecule has 2 heterocycles. The maximum absolute atomic E-state index is 12.3. The van der Waals surface area contributed by atoms with E-state index in [-0.39, 0.29) is 5.91 Å². The van der Waals surface area contributed by atoms with Gasteiger partial charge in [-0.15, -0.1) is 11.3 Å². The number of carbonyl (C=O) groups excluding carboxylic acids is 1. The molecule has 0 atom stereocenters. The molecular formula is C14H18N4OS. The van der Waals surface area contributed by atoms with Crippen LogP contribution >= 0.6 is 11.3 Å². The van der Waals surface area contributed by atoms with Crippen LogP contribution in [0.4, 0.5) is 5.82 Å². The molecule has 0 bridgehead atoms. The number of nitrogens with one attached hydrogen (secondary N) is 1. The van der Waals surface area contributed by atoms with E-state index >= 15 is 0 Å². The first-order chi connectivity index (χ1) is 9.70. The van der Waals surface area contributed by atoms with Gasteiger partial charge in [0.15, 0.2) is 0 Å². The van der Waals surface area contributed by atoms with Crippen molar-refractivity contribution in [2.45, 2.75) is 19.9 Å². The van der Waals surface area contributed by atoms with Gasteiger partial charge in [-0.1, -0.05) is 13.0 Å². The van der Waals surface area contributed by atoms with Crippen molar-refractivity contribution in [2.24, 2.45) is 0 Å². The fourth-order valence-electron chi connectivity index (χ4n) is 1.73. The minimum Gasteiger partial charge on any atom is -0.370 e. The summed E-state index contributed by atoms with van der Waals surface area (Å²) in [5.74, 6) is 0.637. The van der Waals surface area contributed by atoms with Crippen LogP contribution < -0.4 is 5.32 Å². The quantitative estimate of drug-likeness (QED) is 0.888. The first-order valence-electron chi connectivity index (χ1n) is 6.54. The van der Waals surface area contributed by atoms with Crippen molar-refractivity contribution in [2.75, 3.05) is 18.9 Å². The zero-order valence-corrected chi connectivity index (χ0v) is 12.5. The summed E-state index contributed by atoms with van der Waals surface area (Å²) in [5.41, 5.74) is 3.11.